The van der Waals surface area contributed by atoms with Gasteiger partial charge in [0.1, 0.15) is 0 Å². The van der Waals surface area contributed by atoms with Crippen molar-refractivity contribution in [3.05, 3.63) is 51.8 Å². The molecule has 0 aliphatic rings. The molecule has 0 aliphatic heterocycles. The van der Waals surface area contributed by atoms with Crippen LogP contribution in [0, 0.1) is 13.8 Å². The van der Waals surface area contributed by atoms with Crippen molar-refractivity contribution in [3.8, 4) is 0 Å². The molecule has 114 valence electrons. The van der Waals surface area contributed by atoms with Gasteiger partial charge >= 0.3 is 0 Å². The Balaban J connectivity index is 2.09. The molecule has 21 heavy (non-hydrogen) atoms. The average Bonchev–Trinajstić information content (AvgIpc) is 2.68. The molecule has 0 spiro atoms. The maximum absolute atomic E-state index is 5.93. The van der Waals surface area contributed by atoms with Crippen molar-refractivity contribution in [2.75, 3.05) is 6.54 Å². The summed E-state index contributed by atoms with van der Waals surface area (Å²) < 4.78 is 2.09. The zero-order valence-corrected chi connectivity index (χ0v) is 14.0. The summed E-state index contributed by atoms with van der Waals surface area (Å²) in [6.45, 7) is 10.4. The minimum Gasteiger partial charge on any atom is -0.314 e. The van der Waals surface area contributed by atoms with E-state index in [0.717, 1.165) is 30.2 Å². The molecule has 4 heteroatoms. The number of aryl methyl sites for hydroxylation is 1. The fourth-order valence-electron chi connectivity index (χ4n) is 2.50. The van der Waals surface area contributed by atoms with Gasteiger partial charge in [-0.25, -0.2) is 0 Å². The van der Waals surface area contributed by atoms with Crippen LogP contribution in [0.15, 0.2) is 24.3 Å². The number of hydrogen-bond acceptors (Lipinski definition) is 2. The van der Waals surface area contributed by atoms with Gasteiger partial charge in [0.25, 0.3) is 0 Å². The molecule has 0 saturated heterocycles. The Morgan fingerprint density at radius 3 is 2.48 bits per heavy atom. The van der Waals surface area contributed by atoms with Crippen LogP contribution in [0.2, 0.25) is 5.02 Å². The van der Waals surface area contributed by atoms with E-state index in [9.17, 15) is 0 Å². The second kappa shape index (κ2) is 7.10. The normalized spacial score (nSPS) is 11.3. The summed E-state index contributed by atoms with van der Waals surface area (Å²) in [5, 5.41) is 8.91. The lowest BCUT2D eigenvalue weighted by Gasteiger charge is -2.09. The number of halogens is 1. The first-order valence-electron chi connectivity index (χ1n) is 7.48. The van der Waals surface area contributed by atoms with Crippen molar-refractivity contribution in [2.24, 2.45) is 0 Å². The predicted molar refractivity (Wildman–Crippen MR) is 89.1 cm³/mol. The number of rotatable bonds is 6. The van der Waals surface area contributed by atoms with Crippen LogP contribution >= 0.6 is 11.6 Å². The summed E-state index contributed by atoms with van der Waals surface area (Å²) in [6, 6.07) is 8.48. The summed E-state index contributed by atoms with van der Waals surface area (Å²) in [7, 11) is 0. The Labute approximate surface area is 132 Å². The molecule has 1 aromatic heterocycles. The van der Waals surface area contributed by atoms with E-state index in [1.807, 2.05) is 12.1 Å². The van der Waals surface area contributed by atoms with Gasteiger partial charge in [-0.15, -0.1) is 0 Å². The Hall–Kier alpha value is -1.32. The first kappa shape index (κ1) is 16.1. The van der Waals surface area contributed by atoms with E-state index in [-0.39, 0.29) is 0 Å². The van der Waals surface area contributed by atoms with Gasteiger partial charge in [0, 0.05) is 16.8 Å². The summed E-state index contributed by atoms with van der Waals surface area (Å²) in [6.07, 6.45) is 1.02. The third-order valence-electron chi connectivity index (χ3n) is 3.70. The van der Waals surface area contributed by atoms with Crippen molar-refractivity contribution < 1.29 is 0 Å². The lowest BCUT2D eigenvalue weighted by molar-refractivity contribution is 0.588. The molecule has 0 bridgehead atoms. The van der Waals surface area contributed by atoms with Crippen molar-refractivity contribution in [1.29, 1.82) is 0 Å². The summed E-state index contributed by atoms with van der Waals surface area (Å²) in [5.41, 5.74) is 4.97. The molecular formula is C17H24ClN3. The first-order chi connectivity index (χ1) is 9.97. The number of benzene rings is 1. The quantitative estimate of drug-likeness (QED) is 0.881. The van der Waals surface area contributed by atoms with Gasteiger partial charge in [0.15, 0.2) is 0 Å². The van der Waals surface area contributed by atoms with E-state index in [4.69, 9.17) is 11.6 Å². The molecule has 2 rings (SSSR count). The molecule has 0 unspecified atom stereocenters. The summed E-state index contributed by atoms with van der Waals surface area (Å²) in [4.78, 5) is 0. The Bertz CT molecular complexity index is 585. The second-order valence-electron chi connectivity index (χ2n) is 5.79. The van der Waals surface area contributed by atoms with E-state index >= 15 is 0 Å². The molecule has 0 saturated carbocycles. The molecule has 0 aliphatic carbocycles. The highest BCUT2D eigenvalue weighted by molar-refractivity contribution is 6.30. The minimum atomic E-state index is 0.523. The third-order valence-corrected chi connectivity index (χ3v) is 3.96. The molecule has 2 aromatic rings. The van der Waals surface area contributed by atoms with Crippen LogP contribution in [0.4, 0.5) is 0 Å². The maximum Gasteiger partial charge on any atom is 0.0662 e. The Morgan fingerprint density at radius 1 is 1.19 bits per heavy atom. The van der Waals surface area contributed by atoms with E-state index in [1.54, 1.807) is 0 Å². The van der Waals surface area contributed by atoms with Crippen LogP contribution in [0.1, 0.15) is 36.4 Å². The highest BCUT2D eigenvalue weighted by Crippen LogP contribution is 2.16. The van der Waals surface area contributed by atoms with Gasteiger partial charge < -0.3 is 5.32 Å². The Kier molecular flexibility index (Phi) is 5.43. The van der Waals surface area contributed by atoms with E-state index in [0.29, 0.717) is 6.04 Å². The van der Waals surface area contributed by atoms with Gasteiger partial charge in [-0.05, 0) is 50.1 Å². The molecular weight excluding hydrogens is 282 g/mol. The monoisotopic (exact) mass is 305 g/mol. The van der Waals surface area contributed by atoms with Gasteiger partial charge in [0.05, 0.1) is 12.2 Å². The number of nitrogens with one attached hydrogen (secondary N) is 1. The standard InChI is InChI=1S/C17H24ClN3/c1-12(2)19-10-9-17-13(3)20-21(14(17)4)11-15-5-7-16(18)8-6-15/h5-8,12,19H,9-11H2,1-4H3. The average molecular weight is 306 g/mol. The van der Waals surface area contributed by atoms with E-state index < -0.39 is 0 Å². The van der Waals surface area contributed by atoms with Crippen LogP contribution in [0.3, 0.4) is 0 Å². The van der Waals surface area contributed by atoms with Crippen molar-refractivity contribution >= 4 is 11.6 Å². The molecule has 0 radical (unpaired) electrons. The van der Waals surface area contributed by atoms with Crippen molar-refractivity contribution in [1.82, 2.24) is 15.1 Å². The lowest BCUT2D eigenvalue weighted by atomic mass is 10.1. The third kappa shape index (κ3) is 4.32. The molecule has 1 aromatic carbocycles. The molecule has 1 N–H and O–H groups in total. The number of aromatic nitrogens is 2. The first-order valence-corrected chi connectivity index (χ1v) is 7.86. The topological polar surface area (TPSA) is 29.9 Å². The fourth-order valence-corrected chi connectivity index (χ4v) is 2.62. The second-order valence-corrected chi connectivity index (χ2v) is 6.23. The molecule has 0 fully saturated rings. The Morgan fingerprint density at radius 2 is 1.86 bits per heavy atom. The molecule has 3 nitrogen and oxygen atoms in total. The number of nitrogens with zero attached hydrogens (tertiary/aromatic N) is 2. The maximum atomic E-state index is 5.93. The summed E-state index contributed by atoms with van der Waals surface area (Å²) >= 11 is 5.93. The minimum absolute atomic E-state index is 0.523. The van der Waals surface area contributed by atoms with Crippen LogP contribution in [-0.4, -0.2) is 22.4 Å². The molecule has 0 amide bonds. The van der Waals surface area contributed by atoms with Gasteiger partial charge in [-0.2, -0.15) is 5.10 Å². The van der Waals surface area contributed by atoms with Gasteiger partial charge in [-0.1, -0.05) is 37.6 Å². The zero-order chi connectivity index (χ0) is 15.4. The fraction of sp³-hybridized carbons (Fsp3) is 0.471. The highest BCUT2D eigenvalue weighted by Gasteiger charge is 2.11. The summed E-state index contributed by atoms with van der Waals surface area (Å²) in [5.74, 6) is 0. The molecule has 1 heterocycles. The largest absolute Gasteiger partial charge is 0.314 e. The van der Waals surface area contributed by atoms with Crippen LogP contribution in [0.5, 0.6) is 0 Å². The number of hydrogen-bond donors (Lipinski definition) is 1. The van der Waals surface area contributed by atoms with Crippen LogP contribution in [-0.2, 0) is 13.0 Å². The van der Waals surface area contributed by atoms with E-state index in [2.05, 4.69) is 54.9 Å². The van der Waals surface area contributed by atoms with Crippen LogP contribution < -0.4 is 5.32 Å². The lowest BCUT2D eigenvalue weighted by Crippen LogP contribution is -2.25. The smallest absolute Gasteiger partial charge is 0.0662 e. The van der Waals surface area contributed by atoms with Crippen LogP contribution in [0.25, 0.3) is 0 Å². The van der Waals surface area contributed by atoms with Gasteiger partial charge in [0.2, 0.25) is 0 Å². The zero-order valence-electron chi connectivity index (χ0n) is 13.3. The predicted octanol–water partition coefficient (Wildman–Crippen LogP) is 3.74. The van der Waals surface area contributed by atoms with E-state index in [1.165, 1.54) is 16.8 Å². The highest BCUT2D eigenvalue weighted by atomic mass is 35.5. The van der Waals surface area contributed by atoms with Gasteiger partial charge in [-0.3, -0.25) is 4.68 Å². The SMILES string of the molecule is Cc1nn(Cc2ccc(Cl)cc2)c(C)c1CCNC(C)C. The van der Waals surface area contributed by atoms with Crippen molar-refractivity contribution in [3.63, 3.8) is 0 Å². The molecule has 0 atom stereocenters. The van der Waals surface area contributed by atoms with Crippen molar-refractivity contribution in [2.45, 2.75) is 46.7 Å².